The second-order valence-corrected chi connectivity index (χ2v) is 8.66. The van der Waals surface area contributed by atoms with E-state index in [2.05, 4.69) is 13.8 Å². The van der Waals surface area contributed by atoms with Crippen LogP contribution in [-0.2, 0) is 14.4 Å². The van der Waals surface area contributed by atoms with E-state index in [0.717, 1.165) is 38.5 Å². The zero-order valence-corrected chi connectivity index (χ0v) is 17.2. The molecule has 4 heteroatoms. The van der Waals surface area contributed by atoms with Crippen molar-refractivity contribution in [1.82, 2.24) is 0 Å². The van der Waals surface area contributed by atoms with Gasteiger partial charge in [0.1, 0.15) is 17.3 Å². The molecule has 1 N–H and O–H groups in total. The first kappa shape index (κ1) is 23.0. The SMILES string of the molecule is CCCCCC(=O)CC1C(=O)CC(O)C1CCC(=O)C(C)(C)CCCC. The molecule has 0 saturated heterocycles. The third kappa shape index (κ3) is 6.94. The zero-order chi connectivity index (χ0) is 19.7. The Labute approximate surface area is 159 Å². The molecule has 0 aromatic heterocycles. The molecule has 1 rings (SSSR count). The number of Topliss-reactive ketones (excluding diaryl/α,β-unsaturated/α-hetero) is 3. The molecule has 0 aromatic rings. The Morgan fingerprint density at radius 2 is 1.73 bits per heavy atom. The summed E-state index contributed by atoms with van der Waals surface area (Å²) < 4.78 is 0. The molecule has 0 aromatic carbocycles. The second-order valence-electron chi connectivity index (χ2n) is 8.66. The minimum absolute atomic E-state index is 0.0102. The van der Waals surface area contributed by atoms with Crippen LogP contribution >= 0.6 is 0 Å². The number of unbranched alkanes of at least 4 members (excludes halogenated alkanes) is 3. The first-order chi connectivity index (χ1) is 12.2. The van der Waals surface area contributed by atoms with Crippen LogP contribution in [0.25, 0.3) is 0 Å². The highest BCUT2D eigenvalue weighted by molar-refractivity contribution is 5.90. The van der Waals surface area contributed by atoms with E-state index in [1.165, 1.54) is 0 Å². The van der Waals surface area contributed by atoms with Gasteiger partial charge in [0.05, 0.1) is 6.10 Å². The fourth-order valence-electron chi connectivity index (χ4n) is 3.99. The fourth-order valence-corrected chi connectivity index (χ4v) is 3.99. The van der Waals surface area contributed by atoms with E-state index in [1.807, 2.05) is 13.8 Å². The normalized spacial score (nSPS) is 23.4. The number of carbonyl (C=O) groups is 3. The van der Waals surface area contributed by atoms with Crippen LogP contribution in [0.3, 0.4) is 0 Å². The molecule has 0 aliphatic heterocycles. The first-order valence-electron chi connectivity index (χ1n) is 10.5. The Bertz CT molecular complexity index is 481. The molecule has 0 amide bonds. The van der Waals surface area contributed by atoms with E-state index in [0.29, 0.717) is 19.3 Å². The standard InChI is InChI=1S/C22H38O4/c1-5-7-9-10-16(23)14-18-17(19(24)15-20(18)25)11-12-21(26)22(3,4)13-8-6-2/h17-19,24H,5-15H2,1-4H3. The van der Waals surface area contributed by atoms with Crippen molar-refractivity contribution in [2.75, 3.05) is 0 Å². The van der Waals surface area contributed by atoms with E-state index < -0.39 is 12.0 Å². The Kier molecular flexibility index (Phi) is 9.70. The largest absolute Gasteiger partial charge is 0.392 e. The number of aliphatic hydroxyl groups is 1. The third-order valence-electron chi connectivity index (χ3n) is 5.96. The minimum Gasteiger partial charge on any atom is -0.392 e. The van der Waals surface area contributed by atoms with Gasteiger partial charge >= 0.3 is 0 Å². The zero-order valence-electron chi connectivity index (χ0n) is 17.2. The lowest BCUT2D eigenvalue weighted by atomic mass is 9.78. The smallest absolute Gasteiger partial charge is 0.139 e. The maximum Gasteiger partial charge on any atom is 0.139 e. The van der Waals surface area contributed by atoms with Crippen LogP contribution in [0, 0.1) is 17.3 Å². The summed E-state index contributed by atoms with van der Waals surface area (Å²) in [6.07, 6.45) is 6.98. The molecular weight excluding hydrogens is 328 g/mol. The summed E-state index contributed by atoms with van der Waals surface area (Å²) in [5, 5.41) is 10.3. The van der Waals surface area contributed by atoms with Crippen molar-refractivity contribution in [1.29, 1.82) is 0 Å². The highest BCUT2D eigenvalue weighted by Crippen LogP contribution is 2.37. The third-order valence-corrected chi connectivity index (χ3v) is 5.96. The van der Waals surface area contributed by atoms with Crippen molar-refractivity contribution in [2.45, 2.75) is 104 Å². The van der Waals surface area contributed by atoms with Gasteiger partial charge in [0.15, 0.2) is 0 Å². The number of hydrogen-bond acceptors (Lipinski definition) is 4. The van der Waals surface area contributed by atoms with Crippen LogP contribution in [0.5, 0.6) is 0 Å². The van der Waals surface area contributed by atoms with Crippen LogP contribution < -0.4 is 0 Å². The summed E-state index contributed by atoms with van der Waals surface area (Å²) in [6.45, 7) is 8.17. The van der Waals surface area contributed by atoms with Gasteiger partial charge in [-0.2, -0.15) is 0 Å². The lowest BCUT2D eigenvalue weighted by Gasteiger charge is -2.25. The van der Waals surface area contributed by atoms with Crippen LogP contribution in [-0.4, -0.2) is 28.6 Å². The molecular formula is C22H38O4. The Morgan fingerprint density at radius 1 is 1.08 bits per heavy atom. The number of aliphatic hydroxyl groups excluding tert-OH is 1. The highest BCUT2D eigenvalue weighted by atomic mass is 16.3. The van der Waals surface area contributed by atoms with Crippen molar-refractivity contribution >= 4 is 17.3 Å². The van der Waals surface area contributed by atoms with Gasteiger partial charge in [-0.1, -0.05) is 53.4 Å². The maximum atomic E-state index is 12.6. The summed E-state index contributed by atoms with van der Waals surface area (Å²) in [7, 11) is 0. The van der Waals surface area contributed by atoms with Crippen LogP contribution in [0.4, 0.5) is 0 Å². The number of carbonyl (C=O) groups excluding carboxylic acids is 3. The topological polar surface area (TPSA) is 71.4 Å². The van der Waals surface area contributed by atoms with Crippen LogP contribution in [0.1, 0.15) is 98.3 Å². The summed E-state index contributed by atoms with van der Waals surface area (Å²) in [4.78, 5) is 37.0. The van der Waals surface area contributed by atoms with Gasteiger partial charge in [0, 0.05) is 37.0 Å². The van der Waals surface area contributed by atoms with E-state index in [4.69, 9.17) is 0 Å². The molecule has 1 fully saturated rings. The Hall–Kier alpha value is -1.03. The van der Waals surface area contributed by atoms with Crippen molar-refractivity contribution in [2.24, 2.45) is 17.3 Å². The molecule has 3 unspecified atom stereocenters. The lowest BCUT2D eigenvalue weighted by molar-refractivity contribution is -0.129. The Morgan fingerprint density at radius 3 is 2.35 bits per heavy atom. The van der Waals surface area contributed by atoms with Crippen molar-refractivity contribution < 1.29 is 19.5 Å². The molecule has 26 heavy (non-hydrogen) atoms. The first-order valence-corrected chi connectivity index (χ1v) is 10.5. The quantitative estimate of drug-likeness (QED) is 0.481. The van der Waals surface area contributed by atoms with E-state index >= 15 is 0 Å². The molecule has 0 spiro atoms. The average Bonchev–Trinajstić information content (AvgIpc) is 2.84. The van der Waals surface area contributed by atoms with E-state index in [1.54, 1.807) is 0 Å². The van der Waals surface area contributed by atoms with Crippen LogP contribution in [0.15, 0.2) is 0 Å². The summed E-state index contributed by atoms with van der Waals surface area (Å²) in [6, 6.07) is 0. The van der Waals surface area contributed by atoms with Gasteiger partial charge in [0.25, 0.3) is 0 Å². The molecule has 0 radical (unpaired) electrons. The van der Waals surface area contributed by atoms with Gasteiger partial charge in [0.2, 0.25) is 0 Å². The maximum absolute atomic E-state index is 12.6. The molecule has 0 heterocycles. The molecule has 150 valence electrons. The molecule has 0 bridgehead atoms. The van der Waals surface area contributed by atoms with Gasteiger partial charge < -0.3 is 5.11 Å². The summed E-state index contributed by atoms with van der Waals surface area (Å²) in [5.74, 6) is -0.339. The molecule has 1 saturated carbocycles. The number of ketones is 3. The van der Waals surface area contributed by atoms with E-state index in [-0.39, 0.29) is 41.5 Å². The fraction of sp³-hybridized carbons (Fsp3) is 0.864. The summed E-state index contributed by atoms with van der Waals surface area (Å²) >= 11 is 0. The summed E-state index contributed by atoms with van der Waals surface area (Å²) in [5.41, 5.74) is -0.352. The Balaban J connectivity index is 2.60. The van der Waals surface area contributed by atoms with E-state index in [9.17, 15) is 19.5 Å². The molecule has 4 nitrogen and oxygen atoms in total. The predicted octanol–water partition coefficient (Wildman–Crippen LogP) is 4.66. The predicted molar refractivity (Wildman–Crippen MR) is 104 cm³/mol. The van der Waals surface area contributed by atoms with Crippen molar-refractivity contribution in [3.8, 4) is 0 Å². The molecule has 3 atom stereocenters. The second kappa shape index (κ2) is 11.0. The minimum atomic E-state index is -0.706. The van der Waals surface area contributed by atoms with Crippen molar-refractivity contribution in [3.63, 3.8) is 0 Å². The molecule has 1 aliphatic rings. The molecule has 1 aliphatic carbocycles. The van der Waals surface area contributed by atoms with Gasteiger partial charge in [-0.15, -0.1) is 0 Å². The number of rotatable bonds is 13. The monoisotopic (exact) mass is 366 g/mol. The lowest BCUT2D eigenvalue weighted by Crippen LogP contribution is -2.28. The van der Waals surface area contributed by atoms with Crippen molar-refractivity contribution in [3.05, 3.63) is 0 Å². The van der Waals surface area contributed by atoms with Gasteiger partial charge in [-0.25, -0.2) is 0 Å². The van der Waals surface area contributed by atoms with Gasteiger partial charge in [-0.3, -0.25) is 14.4 Å². The van der Waals surface area contributed by atoms with Crippen LogP contribution in [0.2, 0.25) is 0 Å². The average molecular weight is 367 g/mol. The highest BCUT2D eigenvalue weighted by Gasteiger charge is 2.42. The van der Waals surface area contributed by atoms with Gasteiger partial charge in [-0.05, 0) is 25.2 Å². The number of hydrogen-bond donors (Lipinski definition) is 1.